The first-order valence-corrected chi connectivity index (χ1v) is 6.92. The highest BCUT2D eigenvalue weighted by atomic mass is 32.2. The number of benzene rings is 1. The number of furan rings is 1. The second-order valence-electron chi connectivity index (χ2n) is 4.20. The molecule has 1 N–H and O–H groups in total. The quantitative estimate of drug-likeness (QED) is 0.638. The van der Waals surface area contributed by atoms with Gasteiger partial charge in [0.05, 0.1) is 6.26 Å². The molecule has 1 aromatic heterocycles. The first-order chi connectivity index (χ1) is 9.53. The summed E-state index contributed by atoms with van der Waals surface area (Å²) in [6, 6.07) is 10.1. The summed E-state index contributed by atoms with van der Waals surface area (Å²) in [4.78, 5) is 0.205. The zero-order chi connectivity index (χ0) is 14.4. The van der Waals surface area contributed by atoms with Gasteiger partial charge in [-0.25, -0.2) is 0 Å². The van der Waals surface area contributed by atoms with Crippen molar-refractivity contribution in [2.75, 3.05) is 6.54 Å². The number of hydrogen-bond acceptors (Lipinski definition) is 3. The van der Waals surface area contributed by atoms with E-state index in [2.05, 4.69) is 5.32 Å². The van der Waals surface area contributed by atoms with E-state index >= 15 is 0 Å². The fourth-order valence-electron chi connectivity index (χ4n) is 1.71. The summed E-state index contributed by atoms with van der Waals surface area (Å²) in [5.74, 6) is 0.912. The molecule has 0 fully saturated rings. The molecule has 0 aliphatic heterocycles. The summed E-state index contributed by atoms with van der Waals surface area (Å²) in [5.41, 5.74) is -3.28. The zero-order valence-corrected chi connectivity index (χ0v) is 11.4. The lowest BCUT2D eigenvalue weighted by Gasteiger charge is -2.07. The van der Waals surface area contributed by atoms with Crippen LogP contribution in [0, 0.1) is 0 Å². The molecule has 20 heavy (non-hydrogen) atoms. The van der Waals surface area contributed by atoms with Gasteiger partial charge < -0.3 is 9.73 Å². The van der Waals surface area contributed by atoms with Crippen molar-refractivity contribution in [3.8, 4) is 0 Å². The minimum Gasteiger partial charge on any atom is -0.469 e. The first kappa shape index (κ1) is 15.0. The number of thioether (sulfide) groups is 1. The molecule has 0 amide bonds. The molecule has 2 aromatic rings. The second kappa shape index (κ2) is 6.85. The Morgan fingerprint density at radius 3 is 2.45 bits per heavy atom. The van der Waals surface area contributed by atoms with Crippen molar-refractivity contribution in [1.82, 2.24) is 5.32 Å². The molecule has 1 aromatic carbocycles. The van der Waals surface area contributed by atoms with Gasteiger partial charge in [-0.05, 0) is 41.6 Å². The molecule has 1 heterocycles. The van der Waals surface area contributed by atoms with Gasteiger partial charge in [0.2, 0.25) is 0 Å². The molecule has 0 aliphatic carbocycles. The lowest BCUT2D eigenvalue weighted by molar-refractivity contribution is -0.0328. The van der Waals surface area contributed by atoms with Crippen LogP contribution in [0.3, 0.4) is 0 Å². The summed E-state index contributed by atoms with van der Waals surface area (Å²) in [7, 11) is 0. The van der Waals surface area contributed by atoms with Crippen LogP contribution < -0.4 is 5.32 Å². The normalized spacial score (nSPS) is 11.8. The molecule has 0 aliphatic rings. The molecular formula is C14H14F3NOS. The summed E-state index contributed by atoms with van der Waals surface area (Å²) < 4.78 is 41.7. The van der Waals surface area contributed by atoms with Crippen LogP contribution >= 0.6 is 11.8 Å². The maximum Gasteiger partial charge on any atom is 0.446 e. The largest absolute Gasteiger partial charge is 0.469 e. The van der Waals surface area contributed by atoms with Gasteiger partial charge in [0.15, 0.2) is 0 Å². The van der Waals surface area contributed by atoms with Crippen LogP contribution in [0.5, 0.6) is 0 Å². The molecule has 0 spiro atoms. The van der Waals surface area contributed by atoms with Crippen LogP contribution in [-0.4, -0.2) is 12.1 Å². The number of halogens is 3. The van der Waals surface area contributed by atoms with Crippen LogP contribution in [-0.2, 0) is 13.0 Å². The highest BCUT2D eigenvalue weighted by molar-refractivity contribution is 8.00. The predicted octanol–water partition coefficient (Wildman–Crippen LogP) is 4.22. The Labute approximate surface area is 119 Å². The number of rotatable bonds is 6. The topological polar surface area (TPSA) is 25.2 Å². The lowest BCUT2D eigenvalue weighted by atomic mass is 10.2. The van der Waals surface area contributed by atoms with Crippen molar-refractivity contribution >= 4 is 11.8 Å². The fraction of sp³-hybridized carbons (Fsp3) is 0.286. The Bertz CT molecular complexity index is 508. The Balaban J connectivity index is 1.73. The first-order valence-electron chi connectivity index (χ1n) is 6.11. The van der Waals surface area contributed by atoms with Crippen LogP contribution in [0.4, 0.5) is 13.2 Å². The summed E-state index contributed by atoms with van der Waals surface area (Å²) in [5, 5.41) is 3.22. The molecule has 6 heteroatoms. The Morgan fingerprint density at radius 2 is 1.85 bits per heavy atom. The molecule has 0 radical (unpaired) electrons. The Hall–Kier alpha value is -1.40. The molecular weight excluding hydrogens is 287 g/mol. The number of alkyl halides is 3. The van der Waals surface area contributed by atoms with Crippen molar-refractivity contribution in [2.24, 2.45) is 0 Å². The van der Waals surface area contributed by atoms with Gasteiger partial charge in [-0.2, -0.15) is 13.2 Å². The average Bonchev–Trinajstić information content (AvgIpc) is 2.88. The van der Waals surface area contributed by atoms with Gasteiger partial charge in [0.25, 0.3) is 0 Å². The maximum absolute atomic E-state index is 12.2. The SMILES string of the molecule is FC(F)(F)Sc1ccc(CNCCc2ccco2)cc1. The van der Waals surface area contributed by atoms with E-state index in [1.54, 1.807) is 18.4 Å². The minimum absolute atomic E-state index is 0.0967. The third-order valence-corrected chi connectivity index (χ3v) is 3.35. The highest BCUT2D eigenvalue weighted by Gasteiger charge is 2.28. The van der Waals surface area contributed by atoms with Crippen LogP contribution in [0.1, 0.15) is 11.3 Å². The molecule has 0 unspecified atom stereocenters. The van der Waals surface area contributed by atoms with Crippen molar-refractivity contribution in [3.05, 3.63) is 54.0 Å². The van der Waals surface area contributed by atoms with Gasteiger partial charge in [-0.3, -0.25) is 0 Å². The van der Waals surface area contributed by atoms with Crippen LogP contribution in [0.15, 0.2) is 52.0 Å². The summed E-state index contributed by atoms with van der Waals surface area (Å²) >= 11 is -0.0967. The van der Waals surface area contributed by atoms with E-state index in [1.165, 1.54) is 12.1 Å². The van der Waals surface area contributed by atoms with Crippen molar-refractivity contribution in [3.63, 3.8) is 0 Å². The zero-order valence-electron chi connectivity index (χ0n) is 10.6. The summed E-state index contributed by atoms with van der Waals surface area (Å²) in [6.07, 6.45) is 2.42. The van der Waals surface area contributed by atoms with Gasteiger partial charge in [0.1, 0.15) is 5.76 Å². The lowest BCUT2D eigenvalue weighted by Crippen LogP contribution is -2.16. The molecule has 0 saturated heterocycles. The van der Waals surface area contributed by atoms with Gasteiger partial charge in [-0.15, -0.1) is 0 Å². The Kier molecular flexibility index (Phi) is 5.14. The van der Waals surface area contributed by atoms with E-state index in [-0.39, 0.29) is 16.7 Å². The van der Waals surface area contributed by atoms with Crippen molar-refractivity contribution < 1.29 is 17.6 Å². The van der Waals surface area contributed by atoms with Crippen LogP contribution in [0.25, 0.3) is 0 Å². The highest BCUT2D eigenvalue weighted by Crippen LogP contribution is 2.36. The molecule has 0 saturated carbocycles. The molecule has 0 atom stereocenters. The molecule has 2 nitrogen and oxygen atoms in total. The minimum atomic E-state index is -4.23. The van der Waals surface area contributed by atoms with Crippen molar-refractivity contribution in [1.29, 1.82) is 0 Å². The third-order valence-electron chi connectivity index (χ3n) is 2.61. The predicted molar refractivity (Wildman–Crippen MR) is 72.5 cm³/mol. The van der Waals surface area contributed by atoms with E-state index in [4.69, 9.17) is 4.42 Å². The molecule has 108 valence electrons. The van der Waals surface area contributed by atoms with E-state index in [1.807, 2.05) is 12.1 Å². The van der Waals surface area contributed by atoms with Gasteiger partial charge >= 0.3 is 5.51 Å². The van der Waals surface area contributed by atoms with E-state index in [9.17, 15) is 13.2 Å². The van der Waals surface area contributed by atoms with Crippen LogP contribution in [0.2, 0.25) is 0 Å². The van der Waals surface area contributed by atoms with E-state index in [0.717, 1.165) is 24.3 Å². The van der Waals surface area contributed by atoms with Gasteiger partial charge in [-0.1, -0.05) is 12.1 Å². The second-order valence-corrected chi connectivity index (χ2v) is 5.34. The third kappa shape index (κ3) is 5.30. The summed E-state index contributed by atoms with van der Waals surface area (Å²) in [6.45, 7) is 1.38. The molecule has 0 bridgehead atoms. The maximum atomic E-state index is 12.2. The average molecular weight is 301 g/mol. The standard InChI is InChI=1S/C14H14F3NOS/c15-14(16,17)20-13-5-3-11(4-6-13)10-18-8-7-12-2-1-9-19-12/h1-6,9,18H,7-8,10H2. The van der Waals surface area contributed by atoms with E-state index in [0.29, 0.717) is 6.54 Å². The van der Waals surface area contributed by atoms with Crippen molar-refractivity contribution in [2.45, 2.75) is 23.4 Å². The Morgan fingerprint density at radius 1 is 1.10 bits per heavy atom. The molecule has 2 rings (SSSR count). The fourth-order valence-corrected chi connectivity index (χ4v) is 2.25. The number of nitrogens with one attached hydrogen (secondary N) is 1. The number of hydrogen-bond donors (Lipinski definition) is 1. The monoisotopic (exact) mass is 301 g/mol. The smallest absolute Gasteiger partial charge is 0.446 e. The van der Waals surface area contributed by atoms with Gasteiger partial charge in [0, 0.05) is 24.4 Å². The van der Waals surface area contributed by atoms with E-state index < -0.39 is 5.51 Å².